The Morgan fingerprint density at radius 2 is 2.39 bits per heavy atom. The van der Waals surface area contributed by atoms with Crippen molar-refractivity contribution in [3.63, 3.8) is 0 Å². The number of hydrogen-bond donors (Lipinski definition) is 1. The first kappa shape index (κ1) is 12.7. The van der Waals surface area contributed by atoms with E-state index in [9.17, 15) is 15.2 Å². The van der Waals surface area contributed by atoms with Crippen LogP contribution in [-0.2, 0) is 0 Å². The Balaban J connectivity index is 2.22. The number of aromatic nitrogens is 1. The zero-order valence-electron chi connectivity index (χ0n) is 9.21. The van der Waals surface area contributed by atoms with Gasteiger partial charge in [-0.15, -0.1) is 0 Å². The van der Waals surface area contributed by atoms with E-state index in [1.54, 1.807) is 4.90 Å². The predicted molar refractivity (Wildman–Crippen MR) is 66.0 cm³/mol. The van der Waals surface area contributed by atoms with Gasteiger partial charge in [0.15, 0.2) is 0 Å². The maximum absolute atomic E-state index is 10.9. The summed E-state index contributed by atoms with van der Waals surface area (Å²) in [6.07, 6.45) is 1.47. The minimum atomic E-state index is -1.09. The summed E-state index contributed by atoms with van der Waals surface area (Å²) in [7, 11) is 0. The van der Waals surface area contributed by atoms with Gasteiger partial charge in [0, 0.05) is 16.7 Å². The minimum absolute atomic E-state index is 0.00776. The highest BCUT2D eigenvalue weighted by molar-refractivity contribution is 9.10. The Morgan fingerprint density at radius 1 is 1.72 bits per heavy atom. The fraction of sp³-hybridized carbons (Fsp3) is 0.400. The zero-order chi connectivity index (χ0) is 13.3. The Hall–Kier alpha value is -1.72. The van der Waals surface area contributed by atoms with E-state index in [0.29, 0.717) is 4.47 Å². The van der Waals surface area contributed by atoms with Gasteiger partial charge < -0.3 is 10.0 Å². The van der Waals surface area contributed by atoms with Gasteiger partial charge in [0.05, 0.1) is 30.5 Å². The first-order valence-corrected chi connectivity index (χ1v) is 5.89. The minimum Gasteiger partial charge on any atom is -0.385 e. The van der Waals surface area contributed by atoms with Crippen LogP contribution < -0.4 is 4.90 Å². The van der Waals surface area contributed by atoms with E-state index in [1.807, 2.05) is 6.07 Å². The van der Waals surface area contributed by atoms with Gasteiger partial charge in [-0.2, -0.15) is 5.26 Å². The summed E-state index contributed by atoms with van der Waals surface area (Å²) in [6.45, 7) is 0.353. The average Bonchev–Trinajstić information content (AvgIpc) is 2.26. The number of nitro groups is 1. The second kappa shape index (κ2) is 4.51. The fourth-order valence-corrected chi connectivity index (χ4v) is 2.19. The molecule has 0 unspecified atom stereocenters. The molecular formula is C10H9BrN4O3. The molecule has 1 aliphatic rings. The lowest BCUT2D eigenvalue weighted by Gasteiger charge is -2.45. The summed E-state index contributed by atoms with van der Waals surface area (Å²) in [5.41, 5.74) is -1.21. The molecule has 8 heteroatoms. The quantitative estimate of drug-likeness (QED) is 0.664. The first-order valence-electron chi connectivity index (χ1n) is 5.09. The molecule has 1 fully saturated rings. The smallest absolute Gasteiger partial charge is 0.312 e. The number of hydrogen-bond acceptors (Lipinski definition) is 6. The van der Waals surface area contributed by atoms with Crippen molar-refractivity contribution in [2.24, 2.45) is 0 Å². The van der Waals surface area contributed by atoms with Gasteiger partial charge in [-0.05, 0) is 15.9 Å². The highest BCUT2D eigenvalue weighted by Gasteiger charge is 2.43. The van der Waals surface area contributed by atoms with E-state index < -0.39 is 10.5 Å². The molecule has 0 bridgehead atoms. The molecule has 1 saturated heterocycles. The van der Waals surface area contributed by atoms with Crippen molar-refractivity contribution < 1.29 is 10.0 Å². The largest absolute Gasteiger partial charge is 0.385 e. The third-order valence-corrected chi connectivity index (χ3v) is 3.12. The first-order chi connectivity index (χ1) is 8.45. The number of pyridine rings is 1. The molecule has 1 N–H and O–H groups in total. The van der Waals surface area contributed by atoms with Crippen LogP contribution in [-0.4, -0.2) is 33.7 Å². The Morgan fingerprint density at radius 3 is 2.94 bits per heavy atom. The summed E-state index contributed by atoms with van der Waals surface area (Å²) >= 11 is 3.12. The monoisotopic (exact) mass is 312 g/mol. The standard InChI is InChI=1S/C10H9BrN4O3/c11-7-3-8(15(17)18)9(13-4-7)14-5-10(16,6-14)1-2-12/h3-4,16H,1,5-6H2. The molecule has 2 rings (SSSR count). The summed E-state index contributed by atoms with van der Waals surface area (Å²) < 4.78 is 0.519. The molecule has 0 radical (unpaired) electrons. The third-order valence-electron chi connectivity index (χ3n) is 2.69. The maximum atomic E-state index is 10.9. The molecule has 1 aromatic rings. The van der Waals surface area contributed by atoms with Gasteiger partial charge >= 0.3 is 5.69 Å². The van der Waals surface area contributed by atoms with Gasteiger partial charge in [-0.1, -0.05) is 0 Å². The van der Waals surface area contributed by atoms with Gasteiger partial charge in [0.2, 0.25) is 5.82 Å². The number of nitriles is 1. The van der Waals surface area contributed by atoms with Crippen LogP contribution in [0.25, 0.3) is 0 Å². The van der Waals surface area contributed by atoms with E-state index in [4.69, 9.17) is 5.26 Å². The topological polar surface area (TPSA) is 103 Å². The number of aliphatic hydroxyl groups is 1. The zero-order valence-corrected chi connectivity index (χ0v) is 10.8. The van der Waals surface area contributed by atoms with Crippen LogP contribution in [0.15, 0.2) is 16.7 Å². The molecule has 0 spiro atoms. The SMILES string of the molecule is N#CCC1(O)CN(c2ncc(Br)cc2[N+](=O)[O-])C1. The van der Waals surface area contributed by atoms with Crippen LogP contribution in [0.1, 0.15) is 6.42 Å². The van der Waals surface area contributed by atoms with Crippen LogP contribution in [0, 0.1) is 21.4 Å². The molecule has 0 saturated carbocycles. The molecule has 0 atom stereocenters. The third kappa shape index (κ3) is 2.27. The predicted octanol–water partition coefficient (Wildman–Crippen LogP) is 1.22. The van der Waals surface area contributed by atoms with Gasteiger partial charge in [0.25, 0.3) is 0 Å². The number of nitrogens with zero attached hydrogens (tertiary/aromatic N) is 4. The summed E-state index contributed by atoms with van der Waals surface area (Å²) in [5.74, 6) is 0.214. The molecule has 0 amide bonds. The molecular weight excluding hydrogens is 304 g/mol. The van der Waals surface area contributed by atoms with Gasteiger partial charge in [0.1, 0.15) is 5.60 Å². The molecule has 2 heterocycles. The van der Waals surface area contributed by atoms with E-state index >= 15 is 0 Å². The highest BCUT2D eigenvalue weighted by atomic mass is 79.9. The second-order valence-electron chi connectivity index (χ2n) is 4.17. The Kier molecular flexibility index (Phi) is 3.19. The van der Waals surface area contributed by atoms with Crippen molar-refractivity contribution in [1.82, 2.24) is 4.98 Å². The number of halogens is 1. The van der Waals surface area contributed by atoms with Crippen LogP contribution in [0.3, 0.4) is 0 Å². The van der Waals surface area contributed by atoms with E-state index in [-0.39, 0.29) is 31.0 Å². The van der Waals surface area contributed by atoms with E-state index in [0.717, 1.165) is 0 Å². The molecule has 0 aromatic carbocycles. The van der Waals surface area contributed by atoms with Crippen LogP contribution in [0.4, 0.5) is 11.5 Å². The molecule has 1 aliphatic heterocycles. The van der Waals surface area contributed by atoms with Crippen molar-refractivity contribution in [3.8, 4) is 6.07 Å². The lowest BCUT2D eigenvalue weighted by Crippen LogP contribution is -2.62. The Bertz CT molecular complexity index is 536. The average molecular weight is 313 g/mol. The molecule has 94 valence electrons. The summed E-state index contributed by atoms with van der Waals surface area (Å²) in [5, 5.41) is 29.3. The van der Waals surface area contributed by atoms with Crippen molar-refractivity contribution >= 4 is 27.4 Å². The van der Waals surface area contributed by atoms with Crippen LogP contribution in [0.2, 0.25) is 0 Å². The van der Waals surface area contributed by atoms with Gasteiger partial charge in [-0.3, -0.25) is 10.1 Å². The van der Waals surface area contributed by atoms with Crippen molar-refractivity contribution in [1.29, 1.82) is 5.26 Å². The Labute approximate surface area is 111 Å². The lowest BCUT2D eigenvalue weighted by molar-refractivity contribution is -0.384. The molecule has 18 heavy (non-hydrogen) atoms. The molecule has 0 aliphatic carbocycles. The van der Waals surface area contributed by atoms with Crippen molar-refractivity contribution in [2.75, 3.05) is 18.0 Å². The van der Waals surface area contributed by atoms with Crippen molar-refractivity contribution in [3.05, 3.63) is 26.9 Å². The molecule has 1 aromatic heterocycles. The molecule has 7 nitrogen and oxygen atoms in total. The van der Waals surface area contributed by atoms with Gasteiger partial charge in [-0.25, -0.2) is 4.98 Å². The van der Waals surface area contributed by atoms with Crippen LogP contribution >= 0.6 is 15.9 Å². The lowest BCUT2D eigenvalue weighted by atomic mass is 9.91. The fourth-order valence-electron chi connectivity index (χ4n) is 1.87. The van der Waals surface area contributed by atoms with Crippen molar-refractivity contribution in [2.45, 2.75) is 12.0 Å². The number of rotatable bonds is 3. The maximum Gasteiger partial charge on any atom is 0.312 e. The van der Waals surface area contributed by atoms with E-state index in [1.165, 1.54) is 12.3 Å². The highest BCUT2D eigenvalue weighted by Crippen LogP contribution is 2.35. The summed E-state index contributed by atoms with van der Waals surface area (Å²) in [6, 6.07) is 3.26. The summed E-state index contributed by atoms with van der Waals surface area (Å²) in [4.78, 5) is 16.0. The second-order valence-corrected chi connectivity index (χ2v) is 5.08. The van der Waals surface area contributed by atoms with Crippen LogP contribution in [0.5, 0.6) is 0 Å². The number of anilines is 1. The normalized spacial score (nSPS) is 16.8. The van der Waals surface area contributed by atoms with E-state index in [2.05, 4.69) is 20.9 Å². The number of β-amino-alcohol motifs (C(OH)–C–C–N with tert-alkyl or cyclic N) is 1.